The summed E-state index contributed by atoms with van der Waals surface area (Å²) in [5.74, 6) is 0.692. The van der Waals surface area contributed by atoms with Gasteiger partial charge >= 0.3 is 0 Å². The molecule has 0 aliphatic heterocycles. The molecule has 0 saturated heterocycles. The van der Waals surface area contributed by atoms with E-state index in [1.54, 1.807) is 29.2 Å². The second kappa shape index (κ2) is 7.99. The Hall–Kier alpha value is -2.89. The first kappa shape index (κ1) is 17.9. The van der Waals surface area contributed by atoms with Crippen LogP contribution in [0.5, 0.6) is 0 Å². The fourth-order valence-electron chi connectivity index (χ4n) is 2.59. The fourth-order valence-corrected chi connectivity index (χ4v) is 2.59. The van der Waals surface area contributed by atoms with Gasteiger partial charge < -0.3 is 14.7 Å². The molecule has 1 saturated carbocycles. The van der Waals surface area contributed by atoms with E-state index in [1.165, 1.54) is 12.8 Å². The summed E-state index contributed by atoms with van der Waals surface area (Å²) in [4.78, 5) is 26.4. The molecule has 0 radical (unpaired) electrons. The zero-order valence-electron chi connectivity index (χ0n) is 14.9. The van der Waals surface area contributed by atoms with Crippen molar-refractivity contribution in [3.63, 3.8) is 0 Å². The lowest BCUT2D eigenvalue weighted by atomic mass is 10.1. The average Bonchev–Trinajstić information content (AvgIpc) is 3.36. The third kappa shape index (κ3) is 4.59. The van der Waals surface area contributed by atoms with Crippen molar-refractivity contribution in [3.8, 4) is 0 Å². The monoisotopic (exact) mass is 353 g/mol. The number of nitrogens with zero attached hydrogens (tertiary/aromatic N) is 2. The number of nitrogens with one attached hydrogen (secondary N) is 1. The summed E-state index contributed by atoms with van der Waals surface area (Å²) in [7, 11) is 0. The van der Waals surface area contributed by atoms with Crippen LogP contribution in [0.1, 0.15) is 45.0 Å². The van der Waals surface area contributed by atoms with E-state index in [4.69, 9.17) is 4.52 Å². The maximum absolute atomic E-state index is 12.7. The largest absolute Gasteiger partial charge is 0.359 e. The van der Waals surface area contributed by atoms with Crippen LogP contribution in [0.25, 0.3) is 0 Å². The molecule has 2 amide bonds. The second-order valence-electron chi connectivity index (χ2n) is 6.67. The quantitative estimate of drug-likeness (QED) is 0.741. The molecule has 6 heteroatoms. The first-order chi connectivity index (χ1) is 12.6. The van der Waals surface area contributed by atoms with E-state index in [1.807, 2.05) is 19.1 Å². The molecule has 1 N–H and O–H groups in total. The highest BCUT2D eigenvalue weighted by atomic mass is 16.5. The Morgan fingerprint density at radius 1 is 1.35 bits per heavy atom. The number of aromatic nitrogens is 1. The topological polar surface area (TPSA) is 75.4 Å². The van der Waals surface area contributed by atoms with E-state index in [0.717, 1.165) is 5.56 Å². The average molecular weight is 353 g/mol. The fraction of sp³-hybridized carbons (Fsp3) is 0.350. The van der Waals surface area contributed by atoms with Gasteiger partial charge in [-0.2, -0.15) is 0 Å². The molecular formula is C20H23N3O3. The summed E-state index contributed by atoms with van der Waals surface area (Å²) in [5.41, 5.74) is 1.93. The van der Waals surface area contributed by atoms with Crippen molar-refractivity contribution in [2.45, 2.75) is 26.3 Å². The van der Waals surface area contributed by atoms with Gasteiger partial charge in [-0.15, -0.1) is 6.58 Å². The van der Waals surface area contributed by atoms with Crippen LogP contribution in [0.15, 0.2) is 47.5 Å². The van der Waals surface area contributed by atoms with E-state index in [2.05, 4.69) is 17.1 Å². The highest BCUT2D eigenvalue weighted by Gasteiger charge is 2.23. The zero-order chi connectivity index (χ0) is 18.5. The molecule has 1 fully saturated rings. The predicted octanol–water partition coefficient (Wildman–Crippen LogP) is 2.95. The summed E-state index contributed by atoms with van der Waals surface area (Å²) in [6.45, 7) is 6.95. The van der Waals surface area contributed by atoms with E-state index in [9.17, 15) is 9.59 Å². The standard InChI is InChI=1S/C20H23N3O3/c1-3-10-23(20(25)16-8-4-14(2)5-9-16)13-17-11-18(22-26-17)19(24)21-12-15-6-7-15/h3-5,8-9,11,15H,1,6-7,10,12-13H2,2H3,(H,21,24). The van der Waals surface area contributed by atoms with Gasteiger partial charge in [-0.05, 0) is 37.8 Å². The molecule has 3 rings (SSSR count). The van der Waals surface area contributed by atoms with Crippen LogP contribution < -0.4 is 5.32 Å². The first-order valence-corrected chi connectivity index (χ1v) is 8.77. The molecular weight excluding hydrogens is 330 g/mol. The molecule has 0 spiro atoms. The van der Waals surface area contributed by atoms with E-state index in [-0.39, 0.29) is 24.1 Å². The van der Waals surface area contributed by atoms with Crippen molar-refractivity contribution in [3.05, 3.63) is 65.6 Å². The van der Waals surface area contributed by atoms with Gasteiger partial charge in [0, 0.05) is 24.7 Å². The van der Waals surface area contributed by atoms with Crippen molar-refractivity contribution in [1.82, 2.24) is 15.4 Å². The molecule has 136 valence electrons. The molecule has 2 aromatic rings. The molecule has 0 unspecified atom stereocenters. The number of carbonyl (C=O) groups is 2. The lowest BCUT2D eigenvalue weighted by Gasteiger charge is -2.19. The molecule has 1 aliphatic rings. The van der Waals surface area contributed by atoms with Gasteiger partial charge in [0.2, 0.25) is 0 Å². The van der Waals surface area contributed by atoms with Gasteiger partial charge in [0.1, 0.15) is 0 Å². The Morgan fingerprint density at radius 3 is 2.73 bits per heavy atom. The Kier molecular flexibility index (Phi) is 5.51. The van der Waals surface area contributed by atoms with E-state index < -0.39 is 0 Å². The van der Waals surface area contributed by atoms with E-state index >= 15 is 0 Å². The summed E-state index contributed by atoms with van der Waals surface area (Å²) in [6.07, 6.45) is 4.00. The number of amides is 2. The highest BCUT2D eigenvalue weighted by molar-refractivity contribution is 5.94. The summed E-state index contributed by atoms with van der Waals surface area (Å²) in [6, 6.07) is 8.97. The lowest BCUT2D eigenvalue weighted by molar-refractivity contribution is 0.0747. The van der Waals surface area contributed by atoms with Crippen LogP contribution in [0.2, 0.25) is 0 Å². The van der Waals surface area contributed by atoms with Gasteiger partial charge in [-0.1, -0.05) is 28.9 Å². The van der Waals surface area contributed by atoms with Crippen molar-refractivity contribution in [2.75, 3.05) is 13.1 Å². The number of aryl methyl sites for hydroxylation is 1. The zero-order valence-corrected chi connectivity index (χ0v) is 14.9. The van der Waals surface area contributed by atoms with Crippen molar-refractivity contribution in [2.24, 2.45) is 5.92 Å². The smallest absolute Gasteiger partial charge is 0.273 e. The van der Waals surface area contributed by atoms with Crippen LogP contribution in [0.4, 0.5) is 0 Å². The molecule has 0 atom stereocenters. The molecule has 0 bridgehead atoms. The lowest BCUT2D eigenvalue weighted by Crippen LogP contribution is -2.30. The maximum Gasteiger partial charge on any atom is 0.273 e. The normalized spacial score (nSPS) is 13.3. The number of hydrogen-bond acceptors (Lipinski definition) is 4. The van der Waals surface area contributed by atoms with Gasteiger partial charge in [0.25, 0.3) is 11.8 Å². The Labute approximate surface area is 152 Å². The molecule has 1 aliphatic carbocycles. The third-order valence-corrected chi connectivity index (χ3v) is 4.32. The number of rotatable bonds is 8. The van der Waals surface area contributed by atoms with Gasteiger partial charge in [0.05, 0.1) is 6.54 Å². The minimum Gasteiger partial charge on any atom is -0.359 e. The molecule has 26 heavy (non-hydrogen) atoms. The predicted molar refractivity (Wildman–Crippen MR) is 97.7 cm³/mol. The minimum absolute atomic E-state index is 0.124. The van der Waals surface area contributed by atoms with Crippen molar-refractivity contribution in [1.29, 1.82) is 0 Å². The van der Waals surface area contributed by atoms with Crippen LogP contribution in [-0.2, 0) is 6.54 Å². The highest BCUT2D eigenvalue weighted by Crippen LogP contribution is 2.27. The Balaban J connectivity index is 1.65. The van der Waals surface area contributed by atoms with Crippen molar-refractivity contribution >= 4 is 11.8 Å². The summed E-state index contributed by atoms with van der Waals surface area (Å²) >= 11 is 0. The van der Waals surface area contributed by atoms with E-state index in [0.29, 0.717) is 30.3 Å². The molecule has 1 aromatic carbocycles. The maximum atomic E-state index is 12.7. The van der Waals surface area contributed by atoms with Crippen LogP contribution >= 0.6 is 0 Å². The Morgan fingerprint density at radius 2 is 2.08 bits per heavy atom. The molecule has 6 nitrogen and oxygen atoms in total. The van der Waals surface area contributed by atoms with Gasteiger partial charge in [0.15, 0.2) is 11.5 Å². The minimum atomic E-state index is -0.243. The SMILES string of the molecule is C=CCN(Cc1cc(C(=O)NCC2CC2)no1)C(=O)c1ccc(C)cc1. The molecule has 1 aromatic heterocycles. The third-order valence-electron chi connectivity index (χ3n) is 4.32. The number of carbonyl (C=O) groups excluding carboxylic acids is 2. The van der Waals surface area contributed by atoms with Crippen molar-refractivity contribution < 1.29 is 14.1 Å². The summed E-state index contributed by atoms with van der Waals surface area (Å²) < 4.78 is 5.25. The van der Waals surface area contributed by atoms with Crippen LogP contribution in [0.3, 0.4) is 0 Å². The van der Waals surface area contributed by atoms with Crippen LogP contribution in [0, 0.1) is 12.8 Å². The second-order valence-corrected chi connectivity index (χ2v) is 6.67. The number of benzene rings is 1. The van der Waals surface area contributed by atoms with Gasteiger partial charge in [-0.3, -0.25) is 9.59 Å². The molecule has 1 heterocycles. The number of hydrogen-bond donors (Lipinski definition) is 1. The summed E-state index contributed by atoms with van der Waals surface area (Å²) in [5, 5.41) is 6.67. The van der Waals surface area contributed by atoms with Crippen LogP contribution in [-0.4, -0.2) is 35.0 Å². The first-order valence-electron chi connectivity index (χ1n) is 8.77. The van der Waals surface area contributed by atoms with Gasteiger partial charge in [-0.25, -0.2) is 0 Å². The Bertz CT molecular complexity index is 791.